The number of aryl methyl sites for hydroxylation is 1. The maximum absolute atomic E-state index is 4.34. The van der Waals surface area contributed by atoms with Crippen molar-refractivity contribution in [2.24, 2.45) is 4.99 Å². The van der Waals surface area contributed by atoms with E-state index in [0.717, 1.165) is 37.7 Å². The molecule has 0 bridgehead atoms. The van der Waals surface area contributed by atoms with E-state index in [1.54, 1.807) is 11.3 Å². The molecule has 0 atom stereocenters. The van der Waals surface area contributed by atoms with Gasteiger partial charge in [-0.15, -0.1) is 35.3 Å². The van der Waals surface area contributed by atoms with Gasteiger partial charge < -0.3 is 10.6 Å². The summed E-state index contributed by atoms with van der Waals surface area (Å²) < 4.78 is 0. The van der Waals surface area contributed by atoms with E-state index in [9.17, 15) is 0 Å². The maximum Gasteiger partial charge on any atom is 0.191 e. The molecule has 1 aromatic heterocycles. The third kappa shape index (κ3) is 3.60. The lowest BCUT2D eigenvalue weighted by Gasteiger charge is -2.15. The number of halogens is 1. The number of aromatic nitrogens is 1. The smallest absolute Gasteiger partial charge is 0.191 e. The normalized spacial score (nSPS) is 14.9. The first-order chi connectivity index (χ1) is 6.86. The van der Waals surface area contributed by atoms with Crippen LogP contribution in [0.5, 0.6) is 0 Å². The summed E-state index contributed by atoms with van der Waals surface area (Å²) in [6, 6.07) is 0. The summed E-state index contributed by atoms with van der Waals surface area (Å²) in [6.07, 6.45) is 1.13. The number of nitrogens with zero attached hydrogens (tertiary/aromatic N) is 2. The Bertz CT molecular complexity index is 337. The molecule has 0 saturated carbocycles. The monoisotopic (exact) mass is 338 g/mol. The molecular formula is C9H15IN4S. The molecule has 0 fully saturated rings. The van der Waals surface area contributed by atoms with Gasteiger partial charge in [-0.3, -0.25) is 4.99 Å². The molecule has 0 spiro atoms. The van der Waals surface area contributed by atoms with E-state index in [0.29, 0.717) is 0 Å². The molecule has 0 unspecified atom stereocenters. The van der Waals surface area contributed by atoms with Gasteiger partial charge in [-0.1, -0.05) is 0 Å². The number of aliphatic imine (C=N–C) groups is 1. The van der Waals surface area contributed by atoms with Crippen molar-refractivity contribution >= 4 is 41.3 Å². The van der Waals surface area contributed by atoms with E-state index in [1.807, 2.05) is 12.4 Å². The van der Waals surface area contributed by atoms with Gasteiger partial charge in [0.25, 0.3) is 0 Å². The zero-order valence-electron chi connectivity index (χ0n) is 8.62. The lowest BCUT2D eigenvalue weighted by Crippen LogP contribution is -2.40. The van der Waals surface area contributed by atoms with Crippen molar-refractivity contribution in [3.05, 3.63) is 16.1 Å². The third-order valence-electron chi connectivity index (χ3n) is 2.16. The fourth-order valence-electron chi connectivity index (χ4n) is 1.31. The molecule has 0 radical (unpaired) electrons. The Kier molecular flexibility index (Phi) is 5.30. The summed E-state index contributed by atoms with van der Waals surface area (Å²) in [5, 5.41) is 6.50. The Labute approximate surface area is 111 Å². The van der Waals surface area contributed by atoms with Crippen LogP contribution in [0.1, 0.15) is 17.0 Å². The summed E-state index contributed by atoms with van der Waals surface area (Å²) in [5.41, 5.74) is 2.99. The standard InChI is InChI=1S/C9H14N4S.HI/c1-7-8(14-6-13-7)5-12-9-10-3-2-4-11-9;/h6H,2-5H2,1H3,(H2,10,11,12);1H. The quantitative estimate of drug-likeness (QED) is 0.804. The van der Waals surface area contributed by atoms with Crippen LogP contribution in [-0.2, 0) is 6.54 Å². The number of hydrogen-bond acceptors (Lipinski definition) is 5. The van der Waals surface area contributed by atoms with Gasteiger partial charge in [-0.25, -0.2) is 4.98 Å². The van der Waals surface area contributed by atoms with Crippen molar-refractivity contribution in [1.82, 2.24) is 15.6 Å². The number of nitrogens with one attached hydrogen (secondary N) is 2. The molecule has 2 N–H and O–H groups in total. The first kappa shape index (κ1) is 12.7. The third-order valence-corrected chi connectivity index (χ3v) is 3.09. The molecule has 0 aromatic carbocycles. The van der Waals surface area contributed by atoms with Gasteiger partial charge in [0.2, 0.25) is 0 Å². The minimum Gasteiger partial charge on any atom is -0.356 e. The van der Waals surface area contributed by atoms with E-state index in [4.69, 9.17) is 0 Å². The predicted molar refractivity (Wildman–Crippen MR) is 74.0 cm³/mol. The van der Waals surface area contributed by atoms with E-state index in [-0.39, 0.29) is 24.0 Å². The Morgan fingerprint density at radius 2 is 2.47 bits per heavy atom. The summed E-state index contributed by atoms with van der Waals surface area (Å²) in [5.74, 6) is 0.920. The van der Waals surface area contributed by atoms with Crippen LogP contribution in [0.15, 0.2) is 10.5 Å². The van der Waals surface area contributed by atoms with Crippen molar-refractivity contribution < 1.29 is 0 Å². The minimum absolute atomic E-state index is 0. The van der Waals surface area contributed by atoms with Gasteiger partial charge in [0, 0.05) is 18.0 Å². The van der Waals surface area contributed by atoms with Crippen LogP contribution >= 0.6 is 35.3 Å². The SMILES string of the molecule is Cc1ncsc1CNC1=NCCCN1.I. The topological polar surface area (TPSA) is 49.3 Å². The fraction of sp³-hybridized carbons (Fsp3) is 0.556. The predicted octanol–water partition coefficient (Wildman–Crippen LogP) is 1.51. The van der Waals surface area contributed by atoms with Gasteiger partial charge >= 0.3 is 0 Å². The zero-order valence-corrected chi connectivity index (χ0v) is 11.8. The summed E-state index contributed by atoms with van der Waals surface area (Å²) >= 11 is 1.68. The second-order valence-corrected chi connectivity index (χ2v) is 4.16. The van der Waals surface area contributed by atoms with Gasteiger partial charge in [-0.2, -0.15) is 0 Å². The zero-order chi connectivity index (χ0) is 9.80. The highest BCUT2D eigenvalue weighted by molar-refractivity contribution is 14.0. The first-order valence-electron chi connectivity index (χ1n) is 4.77. The van der Waals surface area contributed by atoms with Crippen LogP contribution in [0.4, 0.5) is 0 Å². The average Bonchev–Trinajstić information content (AvgIpc) is 2.63. The Hall–Kier alpha value is -0.370. The molecule has 1 aliphatic heterocycles. The molecule has 2 heterocycles. The Morgan fingerprint density at radius 1 is 1.60 bits per heavy atom. The second kappa shape index (κ2) is 6.26. The van der Waals surface area contributed by atoms with Crippen LogP contribution in [0.2, 0.25) is 0 Å². The van der Waals surface area contributed by atoms with Crippen molar-refractivity contribution in [2.75, 3.05) is 13.1 Å². The summed E-state index contributed by atoms with van der Waals surface area (Å²) in [4.78, 5) is 9.81. The lowest BCUT2D eigenvalue weighted by molar-refractivity contribution is 0.703. The molecule has 2 rings (SSSR count). The van der Waals surface area contributed by atoms with Gasteiger partial charge in [0.1, 0.15) is 0 Å². The molecule has 15 heavy (non-hydrogen) atoms. The van der Waals surface area contributed by atoms with Gasteiger partial charge in [0.15, 0.2) is 5.96 Å². The molecule has 0 amide bonds. The highest BCUT2D eigenvalue weighted by Gasteiger charge is 2.05. The molecular weight excluding hydrogens is 323 g/mol. The average molecular weight is 338 g/mol. The summed E-state index contributed by atoms with van der Waals surface area (Å²) in [7, 11) is 0. The van der Waals surface area contributed by atoms with E-state index in [1.165, 1.54) is 4.88 Å². The highest BCUT2D eigenvalue weighted by Crippen LogP contribution is 2.10. The largest absolute Gasteiger partial charge is 0.356 e. The molecule has 1 aromatic rings. The highest BCUT2D eigenvalue weighted by atomic mass is 127. The van der Waals surface area contributed by atoms with Crippen LogP contribution in [0.25, 0.3) is 0 Å². The van der Waals surface area contributed by atoms with Gasteiger partial charge in [0.05, 0.1) is 17.7 Å². The van der Waals surface area contributed by atoms with E-state index in [2.05, 4.69) is 20.6 Å². The van der Waals surface area contributed by atoms with Crippen LogP contribution < -0.4 is 10.6 Å². The van der Waals surface area contributed by atoms with E-state index >= 15 is 0 Å². The number of thiazole rings is 1. The van der Waals surface area contributed by atoms with Crippen molar-refractivity contribution in [2.45, 2.75) is 19.9 Å². The fourth-order valence-corrected chi connectivity index (χ4v) is 2.03. The summed E-state index contributed by atoms with van der Waals surface area (Å²) in [6.45, 7) is 4.80. The molecule has 0 aliphatic carbocycles. The first-order valence-corrected chi connectivity index (χ1v) is 5.65. The molecule has 84 valence electrons. The number of guanidine groups is 1. The van der Waals surface area contributed by atoms with Crippen molar-refractivity contribution in [3.8, 4) is 0 Å². The maximum atomic E-state index is 4.34. The molecule has 6 heteroatoms. The number of rotatable bonds is 2. The van der Waals surface area contributed by atoms with Crippen molar-refractivity contribution in [3.63, 3.8) is 0 Å². The lowest BCUT2D eigenvalue weighted by atomic mass is 10.4. The van der Waals surface area contributed by atoms with Crippen molar-refractivity contribution in [1.29, 1.82) is 0 Å². The molecule has 0 saturated heterocycles. The van der Waals surface area contributed by atoms with Crippen LogP contribution in [-0.4, -0.2) is 24.0 Å². The minimum atomic E-state index is 0. The number of hydrogen-bond donors (Lipinski definition) is 2. The van der Waals surface area contributed by atoms with E-state index < -0.39 is 0 Å². The molecule has 1 aliphatic rings. The Morgan fingerprint density at radius 3 is 3.07 bits per heavy atom. The molecule has 4 nitrogen and oxygen atoms in total. The Balaban J connectivity index is 0.00000112. The van der Waals surface area contributed by atoms with Crippen LogP contribution in [0.3, 0.4) is 0 Å². The van der Waals surface area contributed by atoms with Gasteiger partial charge in [-0.05, 0) is 13.3 Å². The second-order valence-electron chi connectivity index (χ2n) is 3.23. The van der Waals surface area contributed by atoms with Crippen LogP contribution in [0, 0.1) is 6.92 Å².